The molecule has 5 nitrogen and oxygen atoms in total. The van der Waals surface area contributed by atoms with Crippen LogP contribution in [0.15, 0.2) is 30.3 Å². The summed E-state index contributed by atoms with van der Waals surface area (Å²) in [6, 6.07) is 10.1. The monoisotopic (exact) mass is 281 g/mol. The molecule has 0 aliphatic carbocycles. The zero-order valence-corrected chi connectivity index (χ0v) is 12.5. The fourth-order valence-corrected chi connectivity index (χ4v) is 2.46. The Morgan fingerprint density at radius 3 is 2.52 bits per heavy atom. The van der Waals surface area contributed by atoms with Crippen molar-refractivity contribution in [2.45, 2.75) is 26.7 Å². The molecular weight excluding hydrogens is 262 g/mol. The van der Waals surface area contributed by atoms with Crippen molar-refractivity contribution < 1.29 is 0 Å². The molecule has 0 radical (unpaired) electrons. The van der Waals surface area contributed by atoms with Crippen molar-refractivity contribution in [2.75, 3.05) is 11.6 Å². The maximum Gasteiger partial charge on any atom is 0.150 e. The molecule has 3 aromatic rings. The fraction of sp³-hybridized carbons (Fsp3) is 0.250. The third-order valence-electron chi connectivity index (χ3n) is 3.59. The van der Waals surface area contributed by atoms with E-state index in [1.165, 1.54) is 4.68 Å². The summed E-state index contributed by atoms with van der Waals surface area (Å²) in [6.45, 7) is 6.07. The van der Waals surface area contributed by atoms with Crippen LogP contribution in [-0.4, -0.2) is 14.6 Å². The quantitative estimate of drug-likeness (QED) is 0.707. The number of aromatic nitrogens is 3. The van der Waals surface area contributed by atoms with Gasteiger partial charge in [-0.2, -0.15) is 0 Å². The van der Waals surface area contributed by atoms with Gasteiger partial charge in [0, 0.05) is 22.6 Å². The van der Waals surface area contributed by atoms with E-state index in [9.17, 15) is 0 Å². The molecule has 0 unspecified atom stereocenters. The molecule has 5 heteroatoms. The van der Waals surface area contributed by atoms with Gasteiger partial charge in [0.2, 0.25) is 0 Å². The number of pyridine rings is 1. The molecule has 4 N–H and O–H groups in total. The summed E-state index contributed by atoms with van der Waals surface area (Å²) in [6.07, 6.45) is 0. The van der Waals surface area contributed by atoms with Crippen LogP contribution in [0, 0.1) is 6.92 Å². The Hall–Kier alpha value is -2.56. The maximum atomic E-state index is 6.10. The summed E-state index contributed by atoms with van der Waals surface area (Å²) in [7, 11) is 0. The Kier molecular flexibility index (Phi) is 3.05. The summed E-state index contributed by atoms with van der Waals surface area (Å²) in [4.78, 5) is 9.10. The highest BCUT2D eigenvalue weighted by atomic mass is 15.4. The van der Waals surface area contributed by atoms with Crippen LogP contribution in [0.25, 0.3) is 22.2 Å². The third kappa shape index (κ3) is 2.20. The van der Waals surface area contributed by atoms with Gasteiger partial charge in [0.1, 0.15) is 11.5 Å². The van der Waals surface area contributed by atoms with Crippen molar-refractivity contribution in [2.24, 2.45) is 0 Å². The standard InChI is InChI=1S/C16H19N5/c1-9(2)16-20-14(15(17)21(16)18)12-6-7-13-11(8-12)5-4-10(3)19-13/h4-9H,17-18H2,1-3H3. The highest BCUT2D eigenvalue weighted by Gasteiger charge is 2.17. The molecule has 2 aromatic heterocycles. The number of nitrogens with zero attached hydrogens (tertiary/aromatic N) is 3. The molecule has 0 saturated carbocycles. The minimum Gasteiger partial charge on any atom is -0.382 e. The van der Waals surface area contributed by atoms with E-state index < -0.39 is 0 Å². The number of benzene rings is 1. The first kappa shape index (κ1) is 13.4. The highest BCUT2D eigenvalue weighted by molar-refractivity contribution is 5.85. The first-order valence-corrected chi connectivity index (χ1v) is 6.98. The van der Waals surface area contributed by atoms with Crippen molar-refractivity contribution in [1.29, 1.82) is 0 Å². The summed E-state index contributed by atoms with van der Waals surface area (Å²) in [5.41, 5.74) is 9.75. The van der Waals surface area contributed by atoms with E-state index in [1.54, 1.807) is 0 Å². The van der Waals surface area contributed by atoms with Crippen LogP contribution in [0.1, 0.15) is 31.3 Å². The van der Waals surface area contributed by atoms with Crippen LogP contribution in [0.3, 0.4) is 0 Å². The van der Waals surface area contributed by atoms with Gasteiger partial charge in [-0.15, -0.1) is 0 Å². The minimum absolute atomic E-state index is 0.218. The molecule has 21 heavy (non-hydrogen) atoms. The molecule has 0 saturated heterocycles. The van der Waals surface area contributed by atoms with E-state index in [1.807, 2.05) is 45.0 Å². The molecule has 0 spiro atoms. The first-order chi connectivity index (χ1) is 9.97. The number of rotatable bonds is 2. The van der Waals surface area contributed by atoms with Gasteiger partial charge in [-0.3, -0.25) is 4.98 Å². The lowest BCUT2D eigenvalue weighted by Gasteiger charge is -2.04. The largest absolute Gasteiger partial charge is 0.382 e. The predicted molar refractivity (Wildman–Crippen MR) is 86.4 cm³/mol. The van der Waals surface area contributed by atoms with Crippen LogP contribution in [-0.2, 0) is 0 Å². The number of nitrogen functional groups attached to an aromatic ring is 2. The van der Waals surface area contributed by atoms with Gasteiger partial charge in [-0.25, -0.2) is 9.66 Å². The summed E-state index contributed by atoms with van der Waals surface area (Å²) < 4.78 is 1.47. The van der Waals surface area contributed by atoms with Crippen molar-refractivity contribution in [1.82, 2.24) is 14.6 Å². The van der Waals surface area contributed by atoms with E-state index in [0.29, 0.717) is 5.82 Å². The van der Waals surface area contributed by atoms with Crippen molar-refractivity contribution >= 4 is 16.7 Å². The van der Waals surface area contributed by atoms with Gasteiger partial charge >= 0.3 is 0 Å². The SMILES string of the molecule is Cc1ccc2cc(-c3nc(C(C)C)n(N)c3N)ccc2n1. The number of aryl methyl sites for hydroxylation is 1. The van der Waals surface area contributed by atoms with E-state index in [4.69, 9.17) is 11.6 Å². The summed E-state index contributed by atoms with van der Waals surface area (Å²) >= 11 is 0. The molecule has 3 rings (SSSR count). The second-order valence-electron chi connectivity index (χ2n) is 5.59. The van der Waals surface area contributed by atoms with E-state index in [0.717, 1.165) is 33.7 Å². The van der Waals surface area contributed by atoms with Crippen molar-refractivity contribution in [3.05, 3.63) is 41.9 Å². The van der Waals surface area contributed by atoms with E-state index in [2.05, 4.69) is 16.0 Å². The van der Waals surface area contributed by atoms with Gasteiger partial charge in [-0.1, -0.05) is 26.0 Å². The lowest BCUT2D eigenvalue weighted by Crippen LogP contribution is -2.16. The average Bonchev–Trinajstić information content (AvgIpc) is 2.75. The normalized spacial score (nSPS) is 11.4. The van der Waals surface area contributed by atoms with E-state index >= 15 is 0 Å². The smallest absolute Gasteiger partial charge is 0.150 e. The molecule has 0 fully saturated rings. The Balaban J connectivity index is 2.16. The molecule has 1 aromatic carbocycles. The van der Waals surface area contributed by atoms with Crippen LogP contribution in [0.2, 0.25) is 0 Å². The average molecular weight is 281 g/mol. The zero-order chi connectivity index (χ0) is 15.1. The maximum absolute atomic E-state index is 6.10. The Labute approximate surface area is 123 Å². The van der Waals surface area contributed by atoms with Gasteiger partial charge in [-0.05, 0) is 25.1 Å². The van der Waals surface area contributed by atoms with Gasteiger partial charge < -0.3 is 11.6 Å². The van der Waals surface area contributed by atoms with Crippen molar-refractivity contribution in [3.63, 3.8) is 0 Å². The fourth-order valence-electron chi connectivity index (χ4n) is 2.46. The van der Waals surface area contributed by atoms with Crippen LogP contribution in [0.4, 0.5) is 5.82 Å². The number of hydrogen-bond donors (Lipinski definition) is 2. The second kappa shape index (κ2) is 4.77. The van der Waals surface area contributed by atoms with E-state index in [-0.39, 0.29) is 5.92 Å². The Morgan fingerprint density at radius 1 is 1.10 bits per heavy atom. The molecule has 0 bridgehead atoms. The number of nitrogens with two attached hydrogens (primary N) is 2. The third-order valence-corrected chi connectivity index (χ3v) is 3.59. The van der Waals surface area contributed by atoms with Crippen LogP contribution < -0.4 is 11.6 Å². The minimum atomic E-state index is 0.218. The zero-order valence-electron chi connectivity index (χ0n) is 12.5. The van der Waals surface area contributed by atoms with Gasteiger partial charge in [0.05, 0.1) is 5.52 Å². The summed E-state index contributed by atoms with van der Waals surface area (Å²) in [5, 5.41) is 1.06. The molecule has 0 amide bonds. The number of imidazole rings is 1. The molecular formula is C16H19N5. The molecule has 0 aliphatic heterocycles. The van der Waals surface area contributed by atoms with Crippen LogP contribution in [0.5, 0.6) is 0 Å². The number of anilines is 1. The van der Waals surface area contributed by atoms with Crippen molar-refractivity contribution in [3.8, 4) is 11.3 Å². The Morgan fingerprint density at radius 2 is 1.86 bits per heavy atom. The Bertz CT molecular complexity index is 817. The topological polar surface area (TPSA) is 82.8 Å². The molecule has 2 heterocycles. The first-order valence-electron chi connectivity index (χ1n) is 6.98. The molecule has 0 atom stereocenters. The number of hydrogen-bond acceptors (Lipinski definition) is 4. The van der Waals surface area contributed by atoms with Gasteiger partial charge in [0.25, 0.3) is 0 Å². The summed E-state index contributed by atoms with van der Waals surface area (Å²) in [5.74, 6) is 7.48. The highest BCUT2D eigenvalue weighted by Crippen LogP contribution is 2.29. The number of fused-ring (bicyclic) bond motifs is 1. The molecule has 108 valence electrons. The molecule has 0 aliphatic rings. The lowest BCUT2D eigenvalue weighted by molar-refractivity contribution is 0.739. The lowest BCUT2D eigenvalue weighted by atomic mass is 10.1. The second-order valence-corrected chi connectivity index (χ2v) is 5.59. The van der Waals surface area contributed by atoms with Gasteiger partial charge in [0.15, 0.2) is 5.82 Å². The predicted octanol–water partition coefficient (Wildman–Crippen LogP) is 2.83. The van der Waals surface area contributed by atoms with Crippen LogP contribution >= 0.6 is 0 Å².